The average Bonchev–Trinajstić information content (AvgIpc) is 2.81. The average molecular weight is 341 g/mol. The van der Waals surface area contributed by atoms with Gasteiger partial charge in [0, 0.05) is 15.6 Å². The predicted octanol–water partition coefficient (Wildman–Crippen LogP) is 4.99. The van der Waals surface area contributed by atoms with Gasteiger partial charge in [0.2, 0.25) is 0 Å². The van der Waals surface area contributed by atoms with Crippen LogP contribution < -0.4 is 5.32 Å². The largest absolute Gasteiger partial charge is 0.298 e. The van der Waals surface area contributed by atoms with Gasteiger partial charge in [0.05, 0.1) is 4.70 Å². The Labute approximate surface area is 133 Å². The lowest BCUT2D eigenvalue weighted by molar-refractivity contribution is 0.102. The van der Waals surface area contributed by atoms with E-state index < -0.39 is 11.7 Å². The summed E-state index contributed by atoms with van der Waals surface area (Å²) in [5, 5.41) is 3.66. The third-order valence-corrected chi connectivity index (χ3v) is 4.09. The highest BCUT2D eigenvalue weighted by atomic mass is 35.5. The van der Waals surface area contributed by atoms with Crippen molar-refractivity contribution in [1.82, 2.24) is 4.98 Å². The third-order valence-electron chi connectivity index (χ3n) is 2.71. The van der Waals surface area contributed by atoms with Gasteiger partial charge in [-0.05, 0) is 30.3 Å². The minimum absolute atomic E-state index is 0.238. The van der Waals surface area contributed by atoms with Crippen LogP contribution in [0.3, 0.4) is 0 Å². The first-order valence-corrected chi connectivity index (χ1v) is 7.43. The zero-order valence-electron chi connectivity index (χ0n) is 10.4. The second-order valence-corrected chi connectivity index (χ2v) is 6.12. The highest BCUT2D eigenvalue weighted by Crippen LogP contribution is 2.28. The number of anilines is 1. The molecule has 1 amide bonds. The van der Waals surface area contributed by atoms with Gasteiger partial charge in [-0.15, -0.1) is 0 Å². The SMILES string of the molecule is O=C(Nc1nc2c(F)cccc2s1)c1cc(Cl)cc(Cl)c1. The standard InChI is InChI=1S/C14H7Cl2FN2OS/c15-8-4-7(5-9(16)6-8)13(20)19-14-18-12-10(17)2-1-3-11(12)21-14/h1-6H,(H,18,19,20). The lowest BCUT2D eigenvalue weighted by Crippen LogP contribution is -2.11. The number of aromatic nitrogens is 1. The molecule has 21 heavy (non-hydrogen) atoms. The molecule has 0 fully saturated rings. The van der Waals surface area contributed by atoms with Gasteiger partial charge in [0.25, 0.3) is 5.91 Å². The van der Waals surface area contributed by atoms with Crippen LogP contribution in [0.15, 0.2) is 36.4 Å². The van der Waals surface area contributed by atoms with Crippen LogP contribution in [0.2, 0.25) is 10.0 Å². The van der Waals surface area contributed by atoms with E-state index in [0.717, 1.165) is 0 Å². The van der Waals surface area contributed by atoms with E-state index in [0.29, 0.717) is 25.4 Å². The van der Waals surface area contributed by atoms with E-state index in [1.807, 2.05) is 0 Å². The lowest BCUT2D eigenvalue weighted by Gasteiger charge is -2.02. The van der Waals surface area contributed by atoms with Crippen LogP contribution in [0, 0.1) is 5.82 Å². The van der Waals surface area contributed by atoms with E-state index >= 15 is 0 Å². The summed E-state index contributed by atoms with van der Waals surface area (Å²) in [5.41, 5.74) is 0.550. The van der Waals surface area contributed by atoms with Gasteiger partial charge in [-0.1, -0.05) is 40.6 Å². The number of carbonyl (C=O) groups is 1. The Kier molecular flexibility index (Phi) is 3.80. The zero-order valence-corrected chi connectivity index (χ0v) is 12.7. The van der Waals surface area contributed by atoms with Crippen LogP contribution in [0.5, 0.6) is 0 Å². The molecule has 2 aromatic carbocycles. The lowest BCUT2D eigenvalue weighted by atomic mass is 10.2. The van der Waals surface area contributed by atoms with E-state index in [2.05, 4.69) is 10.3 Å². The molecule has 1 heterocycles. The summed E-state index contributed by atoms with van der Waals surface area (Å²) in [4.78, 5) is 16.2. The molecule has 0 atom stereocenters. The van der Waals surface area contributed by atoms with E-state index in [-0.39, 0.29) is 5.52 Å². The minimum Gasteiger partial charge on any atom is -0.298 e. The molecule has 0 saturated heterocycles. The van der Waals surface area contributed by atoms with Crippen LogP contribution in [-0.4, -0.2) is 10.9 Å². The smallest absolute Gasteiger partial charge is 0.257 e. The fraction of sp³-hybridized carbons (Fsp3) is 0. The summed E-state index contributed by atoms with van der Waals surface area (Å²) >= 11 is 12.9. The Bertz CT molecular complexity index is 830. The van der Waals surface area contributed by atoms with Gasteiger partial charge in [-0.25, -0.2) is 9.37 Å². The van der Waals surface area contributed by atoms with Crippen molar-refractivity contribution >= 4 is 55.8 Å². The number of hydrogen-bond donors (Lipinski definition) is 1. The fourth-order valence-electron chi connectivity index (χ4n) is 1.82. The van der Waals surface area contributed by atoms with Gasteiger partial charge < -0.3 is 0 Å². The highest BCUT2D eigenvalue weighted by molar-refractivity contribution is 7.22. The van der Waals surface area contributed by atoms with Crippen molar-refractivity contribution in [3.63, 3.8) is 0 Å². The maximum absolute atomic E-state index is 13.6. The number of thiazole rings is 1. The van der Waals surface area contributed by atoms with Gasteiger partial charge in [0.1, 0.15) is 11.3 Å². The highest BCUT2D eigenvalue weighted by Gasteiger charge is 2.13. The summed E-state index contributed by atoms with van der Waals surface area (Å²) in [6.07, 6.45) is 0. The van der Waals surface area contributed by atoms with Crippen LogP contribution >= 0.6 is 34.5 Å². The molecule has 1 aromatic heterocycles. The molecule has 3 rings (SSSR count). The molecule has 1 N–H and O–H groups in total. The summed E-state index contributed by atoms with van der Waals surface area (Å²) in [7, 11) is 0. The van der Waals surface area contributed by atoms with Gasteiger partial charge >= 0.3 is 0 Å². The molecule has 3 aromatic rings. The molecule has 0 saturated carbocycles. The summed E-state index contributed by atoms with van der Waals surface area (Å²) in [6, 6.07) is 9.19. The summed E-state index contributed by atoms with van der Waals surface area (Å²) in [6.45, 7) is 0. The number of hydrogen-bond acceptors (Lipinski definition) is 3. The van der Waals surface area contributed by atoms with Crippen LogP contribution in [0.25, 0.3) is 10.2 Å². The number of halogens is 3. The Morgan fingerprint density at radius 2 is 1.90 bits per heavy atom. The number of benzene rings is 2. The molecule has 0 unspecified atom stereocenters. The van der Waals surface area contributed by atoms with Crippen molar-refractivity contribution < 1.29 is 9.18 Å². The van der Waals surface area contributed by atoms with Gasteiger partial charge in [-0.3, -0.25) is 10.1 Å². The number of nitrogens with zero attached hydrogens (tertiary/aromatic N) is 1. The molecule has 0 radical (unpaired) electrons. The Morgan fingerprint density at radius 1 is 1.19 bits per heavy atom. The number of fused-ring (bicyclic) bond motifs is 1. The fourth-order valence-corrected chi connectivity index (χ4v) is 3.22. The molecule has 0 bridgehead atoms. The molecular weight excluding hydrogens is 334 g/mol. The van der Waals surface area contributed by atoms with Crippen molar-refractivity contribution in [3.8, 4) is 0 Å². The monoisotopic (exact) mass is 340 g/mol. The number of para-hydroxylation sites is 1. The minimum atomic E-state index is -0.421. The van der Waals surface area contributed by atoms with Crippen molar-refractivity contribution in [1.29, 1.82) is 0 Å². The van der Waals surface area contributed by atoms with Crippen molar-refractivity contribution in [2.24, 2.45) is 0 Å². The number of nitrogens with one attached hydrogen (secondary N) is 1. The molecule has 0 aliphatic rings. The van der Waals surface area contributed by atoms with Crippen molar-refractivity contribution in [2.75, 3.05) is 5.32 Å². The van der Waals surface area contributed by atoms with E-state index in [1.54, 1.807) is 12.1 Å². The molecular formula is C14H7Cl2FN2OS. The second kappa shape index (κ2) is 5.60. The van der Waals surface area contributed by atoms with Crippen molar-refractivity contribution in [2.45, 2.75) is 0 Å². The molecule has 3 nitrogen and oxygen atoms in total. The first-order valence-electron chi connectivity index (χ1n) is 5.85. The predicted molar refractivity (Wildman–Crippen MR) is 84.0 cm³/mol. The van der Waals surface area contributed by atoms with Crippen LogP contribution in [0.4, 0.5) is 9.52 Å². The van der Waals surface area contributed by atoms with E-state index in [9.17, 15) is 9.18 Å². The summed E-state index contributed by atoms with van der Waals surface area (Å²) < 4.78 is 14.2. The molecule has 0 aliphatic heterocycles. The first kappa shape index (κ1) is 14.3. The third kappa shape index (κ3) is 3.00. The van der Waals surface area contributed by atoms with Gasteiger partial charge in [-0.2, -0.15) is 0 Å². The first-order chi connectivity index (χ1) is 10.0. The van der Waals surface area contributed by atoms with Gasteiger partial charge in [0.15, 0.2) is 5.13 Å². The molecule has 0 aliphatic carbocycles. The normalized spacial score (nSPS) is 10.8. The Balaban J connectivity index is 1.91. The zero-order chi connectivity index (χ0) is 15.0. The Morgan fingerprint density at radius 3 is 2.57 bits per heavy atom. The second-order valence-electron chi connectivity index (χ2n) is 4.22. The van der Waals surface area contributed by atoms with E-state index in [4.69, 9.17) is 23.2 Å². The number of rotatable bonds is 2. The number of amides is 1. The van der Waals surface area contributed by atoms with E-state index in [1.165, 1.54) is 35.6 Å². The maximum Gasteiger partial charge on any atom is 0.257 e. The molecule has 106 valence electrons. The maximum atomic E-state index is 13.6. The Hall–Kier alpha value is -1.69. The molecule has 0 spiro atoms. The van der Waals surface area contributed by atoms with Crippen molar-refractivity contribution in [3.05, 3.63) is 57.8 Å². The van der Waals surface area contributed by atoms with Crippen LogP contribution in [0.1, 0.15) is 10.4 Å². The van der Waals surface area contributed by atoms with Crippen LogP contribution in [-0.2, 0) is 0 Å². The summed E-state index contributed by atoms with van der Waals surface area (Å²) in [5.74, 6) is -0.825. The topological polar surface area (TPSA) is 42.0 Å². The number of carbonyl (C=O) groups excluding carboxylic acids is 1. The molecule has 7 heteroatoms. The quantitative estimate of drug-likeness (QED) is 0.713.